The number of nitrogens with one attached hydrogen (secondary N) is 3. The minimum atomic E-state index is -0.856. The molecule has 0 saturated carbocycles. The Hall–Kier alpha value is -2.16. The molecule has 0 aromatic heterocycles. The summed E-state index contributed by atoms with van der Waals surface area (Å²) in [7, 11) is 0. The molecule has 0 aromatic rings. The molecule has 0 saturated heterocycles. The summed E-state index contributed by atoms with van der Waals surface area (Å²) in [5.74, 6) is -1.58. The molecule has 0 fully saturated rings. The molecule has 4 atom stereocenters. The second-order valence-corrected chi connectivity index (χ2v) is 8.14. The normalized spacial score (nSPS) is 15.2. The van der Waals surface area contributed by atoms with Crippen LogP contribution in [0.3, 0.4) is 0 Å². The van der Waals surface area contributed by atoms with Crippen LogP contribution in [-0.2, 0) is 23.9 Å². The highest BCUT2D eigenvalue weighted by Gasteiger charge is 2.28. The summed E-state index contributed by atoms with van der Waals surface area (Å²) in [6.45, 7) is 12.7. The van der Waals surface area contributed by atoms with E-state index in [1.807, 2.05) is 27.7 Å². The lowest BCUT2D eigenvalue weighted by Crippen LogP contribution is -2.56. The number of nitrogens with two attached hydrogens (primary N) is 1. The van der Waals surface area contributed by atoms with E-state index < -0.39 is 47.9 Å². The number of rotatable bonds is 12. The van der Waals surface area contributed by atoms with Gasteiger partial charge in [-0.15, -0.1) is 0 Å². The SMILES string of the molecule is CCOC(=O)[C@H](C)NC(=O)[C@H](CC(C)C)NC(=O)[C@H](C)NC(=O)[C@@H](N)CC(C)C. The zero-order valence-corrected chi connectivity index (χ0v) is 18.7. The summed E-state index contributed by atoms with van der Waals surface area (Å²) < 4.78 is 4.88. The number of carbonyl (C=O) groups excluding carboxylic acids is 4. The maximum atomic E-state index is 12.6. The van der Waals surface area contributed by atoms with Crippen LogP contribution >= 0.6 is 0 Å². The summed E-state index contributed by atoms with van der Waals surface area (Å²) in [4.78, 5) is 48.9. The maximum Gasteiger partial charge on any atom is 0.328 e. The van der Waals surface area contributed by atoms with Gasteiger partial charge in [0.05, 0.1) is 12.6 Å². The maximum absolute atomic E-state index is 12.6. The molecule has 5 N–H and O–H groups in total. The first-order valence-corrected chi connectivity index (χ1v) is 10.2. The summed E-state index contributed by atoms with van der Waals surface area (Å²) in [5, 5.41) is 7.79. The molecule has 0 bridgehead atoms. The lowest BCUT2D eigenvalue weighted by Gasteiger charge is -2.24. The monoisotopic (exact) mass is 414 g/mol. The van der Waals surface area contributed by atoms with Crippen molar-refractivity contribution < 1.29 is 23.9 Å². The fourth-order valence-electron chi connectivity index (χ4n) is 2.64. The van der Waals surface area contributed by atoms with Crippen LogP contribution in [0.1, 0.15) is 61.3 Å². The summed E-state index contributed by atoms with van der Waals surface area (Å²) in [5.41, 5.74) is 5.84. The summed E-state index contributed by atoms with van der Waals surface area (Å²) >= 11 is 0. The Kier molecular flexibility index (Phi) is 12.2. The average Bonchev–Trinajstić information content (AvgIpc) is 2.59. The van der Waals surface area contributed by atoms with E-state index in [0.29, 0.717) is 12.8 Å². The standard InChI is InChI=1S/C20H38N4O5/c1-8-29-20(28)14(7)23-19(27)16(10-12(4)5)24-17(25)13(6)22-18(26)15(21)9-11(2)3/h11-16H,8-10,21H2,1-7H3,(H,22,26)(H,23,27)(H,24,25)/t13-,14-,15-,16-/m0/s1. The largest absolute Gasteiger partial charge is 0.464 e. The fourth-order valence-corrected chi connectivity index (χ4v) is 2.64. The Labute approximate surface area is 173 Å². The van der Waals surface area contributed by atoms with Gasteiger partial charge in [0, 0.05) is 0 Å². The molecule has 0 rings (SSSR count). The third kappa shape index (κ3) is 10.8. The Morgan fingerprint density at radius 1 is 0.759 bits per heavy atom. The van der Waals surface area contributed by atoms with Crippen LogP contribution in [0.4, 0.5) is 0 Å². The Morgan fingerprint density at radius 3 is 1.76 bits per heavy atom. The summed E-state index contributed by atoms with van der Waals surface area (Å²) in [6.07, 6.45) is 0.880. The van der Waals surface area contributed by atoms with E-state index in [4.69, 9.17) is 10.5 Å². The number of carbonyl (C=O) groups is 4. The Balaban J connectivity index is 4.94. The van der Waals surface area contributed by atoms with Crippen molar-refractivity contribution in [3.8, 4) is 0 Å². The van der Waals surface area contributed by atoms with Crippen LogP contribution in [0.15, 0.2) is 0 Å². The first-order chi connectivity index (χ1) is 13.4. The lowest BCUT2D eigenvalue weighted by atomic mass is 10.0. The van der Waals surface area contributed by atoms with Gasteiger partial charge in [0.25, 0.3) is 0 Å². The molecular formula is C20H38N4O5. The number of amides is 3. The van der Waals surface area contributed by atoms with E-state index >= 15 is 0 Å². The molecule has 0 unspecified atom stereocenters. The molecule has 0 heterocycles. The Bertz CT molecular complexity index is 565. The minimum absolute atomic E-state index is 0.119. The van der Waals surface area contributed by atoms with Gasteiger partial charge in [-0.05, 0) is 45.4 Å². The van der Waals surface area contributed by atoms with Gasteiger partial charge >= 0.3 is 5.97 Å². The van der Waals surface area contributed by atoms with E-state index in [2.05, 4.69) is 16.0 Å². The average molecular weight is 415 g/mol. The predicted octanol–water partition coefficient (Wildman–Crippen LogP) is 0.463. The van der Waals surface area contributed by atoms with E-state index in [9.17, 15) is 19.2 Å². The van der Waals surface area contributed by atoms with E-state index in [1.165, 1.54) is 13.8 Å². The molecule has 3 amide bonds. The zero-order valence-electron chi connectivity index (χ0n) is 18.7. The summed E-state index contributed by atoms with van der Waals surface area (Å²) in [6, 6.07) is -3.24. The first kappa shape index (κ1) is 26.8. The predicted molar refractivity (Wildman–Crippen MR) is 111 cm³/mol. The number of hydrogen-bond donors (Lipinski definition) is 4. The molecule has 0 aliphatic rings. The van der Waals surface area contributed by atoms with Crippen LogP contribution in [0.25, 0.3) is 0 Å². The molecular weight excluding hydrogens is 376 g/mol. The third-order valence-corrected chi connectivity index (χ3v) is 4.15. The number of ether oxygens (including phenoxy) is 1. The van der Waals surface area contributed by atoms with Gasteiger partial charge in [0.1, 0.15) is 18.1 Å². The van der Waals surface area contributed by atoms with Gasteiger partial charge in [-0.25, -0.2) is 4.79 Å². The topological polar surface area (TPSA) is 140 Å². The quantitative estimate of drug-likeness (QED) is 0.342. The molecule has 29 heavy (non-hydrogen) atoms. The van der Waals surface area contributed by atoms with Crippen LogP contribution in [0.5, 0.6) is 0 Å². The van der Waals surface area contributed by atoms with Crippen LogP contribution in [0, 0.1) is 11.8 Å². The van der Waals surface area contributed by atoms with Crippen molar-refractivity contribution in [2.24, 2.45) is 17.6 Å². The second kappa shape index (κ2) is 13.1. The highest BCUT2D eigenvalue weighted by atomic mass is 16.5. The van der Waals surface area contributed by atoms with Gasteiger partial charge in [-0.3, -0.25) is 14.4 Å². The van der Waals surface area contributed by atoms with Gasteiger partial charge in [-0.2, -0.15) is 0 Å². The molecule has 0 aliphatic carbocycles. The van der Waals surface area contributed by atoms with Crippen molar-refractivity contribution in [1.29, 1.82) is 0 Å². The molecule has 0 aromatic carbocycles. The van der Waals surface area contributed by atoms with Crippen molar-refractivity contribution in [1.82, 2.24) is 16.0 Å². The van der Waals surface area contributed by atoms with Crippen molar-refractivity contribution in [3.63, 3.8) is 0 Å². The third-order valence-electron chi connectivity index (χ3n) is 4.15. The van der Waals surface area contributed by atoms with E-state index in [1.54, 1.807) is 6.92 Å². The molecule has 0 spiro atoms. The number of hydrogen-bond acceptors (Lipinski definition) is 6. The van der Waals surface area contributed by atoms with Gasteiger partial charge in [0.2, 0.25) is 17.7 Å². The zero-order chi connectivity index (χ0) is 22.7. The Morgan fingerprint density at radius 2 is 1.28 bits per heavy atom. The van der Waals surface area contributed by atoms with Gasteiger partial charge in [-0.1, -0.05) is 27.7 Å². The fraction of sp³-hybridized carbons (Fsp3) is 0.800. The lowest BCUT2D eigenvalue weighted by molar-refractivity contribution is -0.147. The highest BCUT2D eigenvalue weighted by molar-refractivity contribution is 5.93. The molecule has 0 radical (unpaired) electrons. The second-order valence-electron chi connectivity index (χ2n) is 8.14. The highest BCUT2D eigenvalue weighted by Crippen LogP contribution is 2.07. The smallest absolute Gasteiger partial charge is 0.328 e. The van der Waals surface area contributed by atoms with Crippen molar-refractivity contribution in [2.45, 2.75) is 85.5 Å². The van der Waals surface area contributed by atoms with Crippen LogP contribution in [-0.4, -0.2) is 54.5 Å². The first-order valence-electron chi connectivity index (χ1n) is 10.2. The van der Waals surface area contributed by atoms with Crippen molar-refractivity contribution in [3.05, 3.63) is 0 Å². The van der Waals surface area contributed by atoms with Crippen molar-refractivity contribution >= 4 is 23.7 Å². The minimum Gasteiger partial charge on any atom is -0.464 e. The van der Waals surface area contributed by atoms with E-state index in [0.717, 1.165) is 0 Å². The van der Waals surface area contributed by atoms with E-state index in [-0.39, 0.29) is 18.4 Å². The molecule has 168 valence electrons. The van der Waals surface area contributed by atoms with Crippen molar-refractivity contribution in [2.75, 3.05) is 6.61 Å². The molecule has 0 aliphatic heterocycles. The van der Waals surface area contributed by atoms with Gasteiger partial charge in [0.15, 0.2) is 0 Å². The van der Waals surface area contributed by atoms with Crippen LogP contribution < -0.4 is 21.7 Å². The van der Waals surface area contributed by atoms with Gasteiger partial charge < -0.3 is 26.4 Å². The molecule has 9 heteroatoms. The number of esters is 1. The van der Waals surface area contributed by atoms with Crippen LogP contribution in [0.2, 0.25) is 0 Å². The molecule has 9 nitrogen and oxygen atoms in total.